The van der Waals surface area contributed by atoms with Crippen molar-refractivity contribution in [2.24, 2.45) is 0 Å². The van der Waals surface area contributed by atoms with E-state index in [2.05, 4.69) is 10.0 Å². The number of sulfonamides is 1. The van der Waals surface area contributed by atoms with E-state index < -0.39 is 10.0 Å². The smallest absolute Gasteiger partial charge is 0.251 e. The first kappa shape index (κ1) is 16.2. The molecule has 0 aliphatic heterocycles. The lowest BCUT2D eigenvalue weighted by Crippen LogP contribution is -2.23. The van der Waals surface area contributed by atoms with Gasteiger partial charge in [-0.1, -0.05) is 24.3 Å². The van der Waals surface area contributed by atoms with E-state index in [-0.39, 0.29) is 10.8 Å². The number of rotatable bonds is 5. The quantitative estimate of drug-likeness (QED) is 0.883. The molecule has 2 N–H and O–H groups in total. The maximum Gasteiger partial charge on any atom is 0.251 e. The summed E-state index contributed by atoms with van der Waals surface area (Å²) in [6.07, 6.45) is 0. The molecule has 2 rings (SSSR count). The van der Waals surface area contributed by atoms with Crippen molar-refractivity contribution in [1.82, 2.24) is 10.0 Å². The van der Waals surface area contributed by atoms with Crippen molar-refractivity contribution in [2.75, 3.05) is 7.05 Å². The zero-order valence-corrected chi connectivity index (χ0v) is 13.3. The molecule has 0 fully saturated rings. The van der Waals surface area contributed by atoms with Crippen molar-refractivity contribution in [3.05, 3.63) is 65.2 Å². The van der Waals surface area contributed by atoms with Gasteiger partial charge < -0.3 is 5.32 Å². The van der Waals surface area contributed by atoms with Crippen molar-refractivity contribution in [3.63, 3.8) is 0 Å². The first-order chi connectivity index (χ1) is 10.4. The van der Waals surface area contributed by atoms with E-state index in [1.165, 1.54) is 31.3 Å². The number of carbonyl (C=O) groups excluding carboxylic acids is 1. The van der Waals surface area contributed by atoms with Crippen molar-refractivity contribution >= 4 is 15.9 Å². The van der Waals surface area contributed by atoms with Crippen LogP contribution in [0.2, 0.25) is 0 Å². The molecule has 0 radical (unpaired) electrons. The average molecular weight is 318 g/mol. The lowest BCUT2D eigenvalue weighted by Gasteiger charge is -2.08. The van der Waals surface area contributed by atoms with Crippen LogP contribution in [0.3, 0.4) is 0 Å². The first-order valence-electron chi connectivity index (χ1n) is 6.80. The third-order valence-corrected chi connectivity index (χ3v) is 4.83. The molecule has 22 heavy (non-hydrogen) atoms. The summed E-state index contributed by atoms with van der Waals surface area (Å²) < 4.78 is 25.5. The number of carbonyl (C=O) groups is 1. The number of hydrogen-bond acceptors (Lipinski definition) is 3. The van der Waals surface area contributed by atoms with Crippen LogP contribution in [0.1, 0.15) is 21.5 Å². The molecule has 5 nitrogen and oxygen atoms in total. The third kappa shape index (κ3) is 3.72. The van der Waals surface area contributed by atoms with Crippen LogP contribution in [0.25, 0.3) is 0 Å². The Morgan fingerprint density at radius 3 is 2.27 bits per heavy atom. The number of benzene rings is 2. The molecule has 0 saturated heterocycles. The molecule has 0 aliphatic rings. The summed E-state index contributed by atoms with van der Waals surface area (Å²) in [5.74, 6) is -0.239. The van der Waals surface area contributed by atoms with E-state index in [4.69, 9.17) is 0 Å². The minimum absolute atomic E-state index is 0.130. The fourth-order valence-electron chi connectivity index (χ4n) is 1.99. The minimum Gasteiger partial charge on any atom is -0.348 e. The monoisotopic (exact) mass is 318 g/mol. The number of hydrogen-bond donors (Lipinski definition) is 2. The molecular formula is C16H18N2O3S. The second-order valence-electron chi connectivity index (χ2n) is 4.84. The molecule has 0 unspecified atom stereocenters. The van der Waals surface area contributed by atoms with Gasteiger partial charge in [-0.25, -0.2) is 13.1 Å². The summed E-state index contributed by atoms with van der Waals surface area (Å²) in [4.78, 5) is 12.2. The maximum atomic E-state index is 12.1. The van der Waals surface area contributed by atoms with Crippen molar-refractivity contribution in [2.45, 2.75) is 18.4 Å². The number of nitrogens with one attached hydrogen (secondary N) is 2. The Morgan fingerprint density at radius 2 is 1.68 bits per heavy atom. The molecule has 116 valence electrons. The first-order valence-corrected chi connectivity index (χ1v) is 8.28. The molecule has 0 atom stereocenters. The van der Waals surface area contributed by atoms with Gasteiger partial charge in [0.05, 0.1) is 4.90 Å². The van der Waals surface area contributed by atoms with Crippen molar-refractivity contribution in [3.8, 4) is 0 Å². The van der Waals surface area contributed by atoms with Crippen LogP contribution in [0.15, 0.2) is 53.4 Å². The molecule has 6 heteroatoms. The van der Waals surface area contributed by atoms with Crippen LogP contribution < -0.4 is 10.0 Å². The predicted octanol–water partition coefficient (Wildman–Crippen LogP) is 1.83. The SMILES string of the molecule is CNS(=O)(=O)c1ccc(C(=O)NCc2ccccc2C)cc1. The van der Waals surface area contributed by atoms with Crippen LogP contribution in [0, 0.1) is 6.92 Å². The van der Waals surface area contributed by atoms with Gasteiger partial charge in [0.25, 0.3) is 5.91 Å². The van der Waals surface area contributed by atoms with Crippen LogP contribution in [-0.4, -0.2) is 21.4 Å². The van der Waals surface area contributed by atoms with Crippen LogP contribution >= 0.6 is 0 Å². The Balaban J connectivity index is 2.06. The van der Waals surface area contributed by atoms with Gasteiger partial charge in [0.15, 0.2) is 0 Å². The second kappa shape index (κ2) is 6.72. The summed E-state index contributed by atoms with van der Waals surface area (Å²) >= 11 is 0. The largest absolute Gasteiger partial charge is 0.348 e. The molecule has 0 spiro atoms. The van der Waals surface area contributed by atoms with Crippen molar-refractivity contribution in [1.29, 1.82) is 0 Å². The van der Waals surface area contributed by atoms with Gasteiger partial charge in [0, 0.05) is 12.1 Å². The molecule has 2 aromatic carbocycles. The van der Waals surface area contributed by atoms with Gasteiger partial charge in [-0.3, -0.25) is 4.79 Å². The molecule has 0 aliphatic carbocycles. The summed E-state index contributed by atoms with van der Waals surface area (Å²) in [6.45, 7) is 2.42. The van der Waals surface area contributed by atoms with E-state index in [1.807, 2.05) is 31.2 Å². The number of aryl methyl sites for hydroxylation is 1. The summed E-state index contributed by atoms with van der Waals surface area (Å²) in [5.41, 5.74) is 2.58. The van der Waals surface area contributed by atoms with E-state index in [0.717, 1.165) is 11.1 Å². The molecule has 0 aromatic heterocycles. The highest BCUT2D eigenvalue weighted by Gasteiger charge is 2.12. The average Bonchev–Trinajstić information content (AvgIpc) is 2.54. The molecule has 0 heterocycles. The fourth-order valence-corrected chi connectivity index (χ4v) is 2.72. The molecule has 0 bridgehead atoms. The van der Waals surface area contributed by atoms with E-state index in [9.17, 15) is 13.2 Å². The molecular weight excluding hydrogens is 300 g/mol. The Kier molecular flexibility index (Phi) is 4.95. The molecule has 1 amide bonds. The minimum atomic E-state index is -3.48. The summed E-state index contributed by atoms with van der Waals surface area (Å²) in [6, 6.07) is 13.6. The highest BCUT2D eigenvalue weighted by molar-refractivity contribution is 7.89. The fraction of sp³-hybridized carbons (Fsp3) is 0.188. The Hall–Kier alpha value is -2.18. The Morgan fingerprint density at radius 1 is 1.05 bits per heavy atom. The topological polar surface area (TPSA) is 75.3 Å². The lowest BCUT2D eigenvalue weighted by molar-refractivity contribution is 0.0951. The van der Waals surface area contributed by atoms with Crippen LogP contribution in [0.5, 0.6) is 0 Å². The normalized spacial score (nSPS) is 11.2. The predicted molar refractivity (Wildman–Crippen MR) is 85.0 cm³/mol. The van der Waals surface area contributed by atoms with Crippen LogP contribution in [-0.2, 0) is 16.6 Å². The van der Waals surface area contributed by atoms with Crippen molar-refractivity contribution < 1.29 is 13.2 Å². The Bertz CT molecular complexity index is 768. The van der Waals surface area contributed by atoms with Gasteiger partial charge in [-0.15, -0.1) is 0 Å². The summed E-state index contributed by atoms with van der Waals surface area (Å²) in [5, 5.41) is 2.82. The zero-order valence-electron chi connectivity index (χ0n) is 12.5. The number of amides is 1. The van der Waals surface area contributed by atoms with E-state index in [1.54, 1.807) is 0 Å². The zero-order chi connectivity index (χ0) is 16.2. The van der Waals surface area contributed by atoms with Gasteiger partial charge in [0.2, 0.25) is 10.0 Å². The van der Waals surface area contributed by atoms with E-state index >= 15 is 0 Å². The van der Waals surface area contributed by atoms with Gasteiger partial charge in [-0.2, -0.15) is 0 Å². The highest BCUT2D eigenvalue weighted by Crippen LogP contribution is 2.11. The van der Waals surface area contributed by atoms with Gasteiger partial charge >= 0.3 is 0 Å². The summed E-state index contributed by atoms with van der Waals surface area (Å²) in [7, 11) is -2.14. The van der Waals surface area contributed by atoms with Gasteiger partial charge in [0.1, 0.15) is 0 Å². The molecule has 0 saturated carbocycles. The molecule has 2 aromatic rings. The lowest BCUT2D eigenvalue weighted by atomic mass is 10.1. The second-order valence-corrected chi connectivity index (χ2v) is 6.73. The Labute approximate surface area is 130 Å². The standard InChI is InChI=1S/C16H18N2O3S/c1-12-5-3-4-6-14(12)11-18-16(19)13-7-9-15(10-8-13)22(20,21)17-2/h3-10,17H,11H2,1-2H3,(H,18,19). The highest BCUT2D eigenvalue weighted by atomic mass is 32.2. The third-order valence-electron chi connectivity index (χ3n) is 3.40. The van der Waals surface area contributed by atoms with E-state index in [0.29, 0.717) is 12.1 Å². The van der Waals surface area contributed by atoms with Gasteiger partial charge in [-0.05, 0) is 49.4 Å². The van der Waals surface area contributed by atoms with Crippen LogP contribution in [0.4, 0.5) is 0 Å². The maximum absolute atomic E-state index is 12.1.